The van der Waals surface area contributed by atoms with Gasteiger partial charge in [0, 0.05) is 30.9 Å². The Morgan fingerprint density at radius 3 is 1.82 bits per heavy atom. The molecule has 0 radical (unpaired) electrons. The fourth-order valence-electron chi connectivity index (χ4n) is 2.96. The molecular weight excluding hydrogens is 364 g/mol. The lowest BCUT2D eigenvalue weighted by Gasteiger charge is -2.16. The standard InChI is InChI=1S/C23H20N4S/c1-27(2)23(28)24-18-13-14-19-20(15-18)26-22(17-11-7-4-8-12-17)21(25-19)16-9-5-3-6-10-16/h3-15H,1-2H3,(H,24,28). The third-order valence-corrected chi connectivity index (χ3v) is 4.88. The molecular formula is C23H20N4S. The summed E-state index contributed by atoms with van der Waals surface area (Å²) in [6.45, 7) is 0. The first-order chi connectivity index (χ1) is 13.6. The van der Waals surface area contributed by atoms with Crippen molar-refractivity contribution in [2.75, 3.05) is 19.4 Å². The maximum Gasteiger partial charge on any atom is 0.172 e. The van der Waals surface area contributed by atoms with Crippen LogP contribution in [0.3, 0.4) is 0 Å². The summed E-state index contributed by atoms with van der Waals surface area (Å²) in [5, 5.41) is 3.88. The van der Waals surface area contributed by atoms with E-state index >= 15 is 0 Å². The summed E-state index contributed by atoms with van der Waals surface area (Å²) in [5.41, 5.74) is 6.40. The summed E-state index contributed by atoms with van der Waals surface area (Å²) < 4.78 is 0. The van der Waals surface area contributed by atoms with E-state index in [1.54, 1.807) is 0 Å². The van der Waals surface area contributed by atoms with Crippen molar-refractivity contribution >= 4 is 34.1 Å². The Bertz CT molecular complexity index is 1130. The molecule has 0 spiro atoms. The lowest BCUT2D eigenvalue weighted by molar-refractivity contribution is 0.634. The molecule has 0 atom stereocenters. The van der Waals surface area contributed by atoms with Gasteiger partial charge < -0.3 is 10.2 Å². The van der Waals surface area contributed by atoms with Crippen LogP contribution in [0.25, 0.3) is 33.5 Å². The lowest BCUT2D eigenvalue weighted by atomic mass is 10.0. The molecule has 3 aromatic carbocycles. The maximum absolute atomic E-state index is 5.35. The number of hydrogen-bond acceptors (Lipinski definition) is 3. The van der Waals surface area contributed by atoms with E-state index in [2.05, 4.69) is 29.6 Å². The molecule has 1 aromatic heterocycles. The van der Waals surface area contributed by atoms with Crippen molar-refractivity contribution in [3.63, 3.8) is 0 Å². The zero-order valence-electron chi connectivity index (χ0n) is 15.8. The van der Waals surface area contributed by atoms with E-state index in [0.29, 0.717) is 5.11 Å². The SMILES string of the molecule is CN(C)C(=S)Nc1ccc2nc(-c3ccccc3)c(-c3ccccc3)nc2c1. The zero-order chi connectivity index (χ0) is 19.5. The Kier molecular flexibility index (Phi) is 5.00. The number of nitrogens with zero attached hydrogens (tertiary/aromatic N) is 3. The minimum absolute atomic E-state index is 0.650. The predicted octanol–water partition coefficient (Wildman–Crippen LogP) is 5.22. The summed E-state index contributed by atoms with van der Waals surface area (Å²) in [6, 6.07) is 26.3. The van der Waals surface area contributed by atoms with Gasteiger partial charge in [0.05, 0.1) is 22.4 Å². The smallest absolute Gasteiger partial charge is 0.172 e. The largest absolute Gasteiger partial charge is 0.355 e. The van der Waals surface area contributed by atoms with E-state index < -0.39 is 0 Å². The molecule has 4 nitrogen and oxygen atoms in total. The van der Waals surface area contributed by atoms with Gasteiger partial charge >= 0.3 is 0 Å². The average molecular weight is 385 g/mol. The number of aromatic nitrogens is 2. The summed E-state index contributed by atoms with van der Waals surface area (Å²) >= 11 is 5.35. The van der Waals surface area contributed by atoms with E-state index in [1.807, 2.05) is 73.6 Å². The quantitative estimate of drug-likeness (QED) is 0.490. The third-order valence-electron chi connectivity index (χ3n) is 4.42. The summed E-state index contributed by atoms with van der Waals surface area (Å²) in [7, 11) is 3.83. The van der Waals surface area contributed by atoms with Gasteiger partial charge in [-0.25, -0.2) is 9.97 Å². The monoisotopic (exact) mass is 384 g/mol. The molecule has 0 amide bonds. The Morgan fingerprint density at radius 1 is 0.750 bits per heavy atom. The van der Waals surface area contributed by atoms with Crippen LogP contribution in [0.15, 0.2) is 78.9 Å². The molecule has 138 valence electrons. The minimum atomic E-state index is 0.650. The van der Waals surface area contributed by atoms with Gasteiger partial charge in [-0.3, -0.25) is 0 Å². The van der Waals surface area contributed by atoms with Crippen LogP contribution in [0, 0.1) is 0 Å². The highest BCUT2D eigenvalue weighted by Crippen LogP contribution is 2.31. The van der Waals surface area contributed by atoms with Crippen LogP contribution in [0.2, 0.25) is 0 Å². The first-order valence-electron chi connectivity index (χ1n) is 9.03. The maximum atomic E-state index is 5.35. The van der Waals surface area contributed by atoms with Crippen LogP contribution in [0.1, 0.15) is 0 Å². The summed E-state index contributed by atoms with van der Waals surface area (Å²) in [6.07, 6.45) is 0. The number of rotatable bonds is 3. The number of thiocarbonyl (C=S) groups is 1. The van der Waals surface area contributed by atoms with Crippen LogP contribution >= 0.6 is 12.2 Å². The molecule has 0 aliphatic rings. The molecule has 0 bridgehead atoms. The molecule has 28 heavy (non-hydrogen) atoms. The first kappa shape index (κ1) is 18.1. The molecule has 5 heteroatoms. The normalized spacial score (nSPS) is 10.6. The van der Waals surface area contributed by atoms with E-state index in [1.165, 1.54) is 0 Å². The van der Waals surface area contributed by atoms with Crippen LogP contribution < -0.4 is 5.32 Å². The second-order valence-electron chi connectivity index (χ2n) is 6.68. The fourth-order valence-corrected chi connectivity index (χ4v) is 3.08. The second kappa shape index (κ2) is 7.74. The Hall–Kier alpha value is -3.31. The van der Waals surface area contributed by atoms with Crippen molar-refractivity contribution in [2.24, 2.45) is 0 Å². The highest BCUT2D eigenvalue weighted by molar-refractivity contribution is 7.80. The summed E-state index contributed by atoms with van der Waals surface area (Å²) in [5.74, 6) is 0. The average Bonchev–Trinajstić information content (AvgIpc) is 2.74. The number of fused-ring (bicyclic) bond motifs is 1. The van der Waals surface area contributed by atoms with Crippen LogP contribution in [-0.2, 0) is 0 Å². The highest BCUT2D eigenvalue weighted by Gasteiger charge is 2.13. The number of benzene rings is 3. The van der Waals surface area contributed by atoms with Gasteiger partial charge in [-0.1, -0.05) is 60.7 Å². The summed E-state index contributed by atoms with van der Waals surface area (Å²) in [4.78, 5) is 11.8. The molecule has 0 aliphatic carbocycles. The number of nitrogens with one attached hydrogen (secondary N) is 1. The van der Waals surface area contributed by atoms with Crippen molar-refractivity contribution in [3.05, 3.63) is 78.9 Å². The molecule has 0 unspecified atom stereocenters. The molecule has 1 heterocycles. The zero-order valence-corrected chi connectivity index (χ0v) is 16.6. The van der Waals surface area contributed by atoms with Gasteiger partial charge in [-0.05, 0) is 30.4 Å². The van der Waals surface area contributed by atoms with Gasteiger partial charge in [-0.2, -0.15) is 0 Å². The topological polar surface area (TPSA) is 41.0 Å². The predicted molar refractivity (Wildman–Crippen MR) is 120 cm³/mol. The molecule has 4 aromatic rings. The van der Waals surface area contributed by atoms with Gasteiger partial charge in [0.1, 0.15) is 0 Å². The van der Waals surface area contributed by atoms with Crippen molar-refractivity contribution in [3.8, 4) is 22.5 Å². The first-order valence-corrected chi connectivity index (χ1v) is 9.43. The molecule has 0 saturated heterocycles. The van der Waals surface area contributed by atoms with E-state index in [9.17, 15) is 0 Å². The molecule has 0 saturated carbocycles. The second-order valence-corrected chi connectivity index (χ2v) is 7.07. The van der Waals surface area contributed by atoms with Gasteiger partial charge in [0.15, 0.2) is 5.11 Å². The molecule has 1 N–H and O–H groups in total. The molecule has 0 fully saturated rings. The van der Waals surface area contributed by atoms with Crippen molar-refractivity contribution < 1.29 is 0 Å². The van der Waals surface area contributed by atoms with Gasteiger partial charge in [-0.15, -0.1) is 0 Å². The van der Waals surface area contributed by atoms with Gasteiger partial charge in [0.2, 0.25) is 0 Å². The number of hydrogen-bond donors (Lipinski definition) is 1. The van der Waals surface area contributed by atoms with E-state index in [-0.39, 0.29) is 0 Å². The van der Waals surface area contributed by atoms with Gasteiger partial charge in [0.25, 0.3) is 0 Å². The van der Waals surface area contributed by atoms with Crippen LogP contribution in [0.5, 0.6) is 0 Å². The molecule has 4 rings (SSSR count). The Balaban J connectivity index is 1.88. The molecule has 0 aliphatic heterocycles. The Labute approximate surface area is 169 Å². The fraction of sp³-hybridized carbons (Fsp3) is 0.0870. The van der Waals surface area contributed by atoms with E-state index in [4.69, 9.17) is 22.2 Å². The van der Waals surface area contributed by atoms with Crippen LogP contribution in [0.4, 0.5) is 5.69 Å². The number of anilines is 1. The highest BCUT2D eigenvalue weighted by atomic mass is 32.1. The van der Waals surface area contributed by atoms with Crippen LogP contribution in [-0.4, -0.2) is 34.1 Å². The van der Waals surface area contributed by atoms with Crippen molar-refractivity contribution in [2.45, 2.75) is 0 Å². The third kappa shape index (κ3) is 3.70. The lowest BCUT2D eigenvalue weighted by Crippen LogP contribution is -2.26. The van der Waals surface area contributed by atoms with Crippen molar-refractivity contribution in [1.29, 1.82) is 0 Å². The minimum Gasteiger partial charge on any atom is -0.355 e. The van der Waals surface area contributed by atoms with Crippen molar-refractivity contribution in [1.82, 2.24) is 14.9 Å². The van der Waals surface area contributed by atoms with E-state index in [0.717, 1.165) is 39.2 Å². The Morgan fingerprint density at radius 2 is 1.29 bits per heavy atom.